The Hall–Kier alpha value is -3.78. The number of carbonyl (C=O) groups excluding carboxylic acids is 1. The van der Waals surface area contributed by atoms with Crippen molar-refractivity contribution in [2.24, 2.45) is 0 Å². The van der Waals surface area contributed by atoms with Crippen molar-refractivity contribution in [3.8, 4) is 0 Å². The number of nitrogens with one attached hydrogen (secondary N) is 1. The molecule has 2 fully saturated rings. The Kier molecular flexibility index (Phi) is 6.11. The molecule has 1 amide bonds. The van der Waals surface area contributed by atoms with Crippen LogP contribution >= 0.6 is 0 Å². The second-order valence-corrected chi connectivity index (χ2v) is 9.61. The minimum Gasteiger partial charge on any atom is -0.378 e. The van der Waals surface area contributed by atoms with Gasteiger partial charge in [-0.15, -0.1) is 10.2 Å². The molecule has 8 nitrogen and oxygen atoms in total. The maximum Gasteiger partial charge on any atom is 0.272 e. The number of rotatable bonds is 5. The summed E-state index contributed by atoms with van der Waals surface area (Å²) in [5, 5.41) is 11.5. The third kappa shape index (κ3) is 4.44. The Morgan fingerprint density at radius 2 is 1.69 bits per heavy atom. The van der Waals surface area contributed by atoms with Crippen LogP contribution in [0.3, 0.4) is 0 Å². The van der Waals surface area contributed by atoms with Crippen molar-refractivity contribution in [2.45, 2.75) is 24.8 Å². The average Bonchev–Trinajstić information content (AvgIpc) is 3.31. The number of ether oxygens (including phenoxy) is 1. The van der Waals surface area contributed by atoms with E-state index in [0.717, 1.165) is 56.4 Å². The summed E-state index contributed by atoms with van der Waals surface area (Å²) in [6, 6.07) is 18.2. The lowest BCUT2D eigenvalue weighted by Gasteiger charge is -2.39. The average molecular weight is 483 g/mol. The molecule has 0 bridgehead atoms. The highest BCUT2D eigenvalue weighted by atomic mass is 16.5. The van der Waals surface area contributed by atoms with Crippen LogP contribution in [0.5, 0.6) is 0 Å². The van der Waals surface area contributed by atoms with E-state index in [-0.39, 0.29) is 11.3 Å². The van der Waals surface area contributed by atoms with Crippen LogP contribution in [0.15, 0.2) is 60.7 Å². The van der Waals surface area contributed by atoms with Crippen LogP contribution in [-0.2, 0) is 16.7 Å². The Labute approximate surface area is 211 Å². The van der Waals surface area contributed by atoms with E-state index >= 15 is 0 Å². The number of morpholine rings is 1. The zero-order chi connectivity index (χ0) is 24.4. The summed E-state index contributed by atoms with van der Waals surface area (Å²) < 4.78 is 5.42. The van der Waals surface area contributed by atoms with E-state index in [1.165, 1.54) is 11.1 Å². The summed E-state index contributed by atoms with van der Waals surface area (Å²) in [4.78, 5) is 21.8. The molecule has 0 atom stereocenters. The number of carbonyl (C=O) groups is 1. The van der Waals surface area contributed by atoms with E-state index in [2.05, 4.69) is 66.7 Å². The maximum absolute atomic E-state index is 12.7. The molecule has 1 N–H and O–H groups in total. The van der Waals surface area contributed by atoms with Crippen molar-refractivity contribution < 1.29 is 9.53 Å². The molecule has 3 aromatic rings. The molecule has 0 unspecified atom stereocenters. The van der Waals surface area contributed by atoms with Gasteiger partial charge in [-0.2, -0.15) is 0 Å². The van der Waals surface area contributed by atoms with Crippen molar-refractivity contribution in [1.29, 1.82) is 0 Å². The van der Waals surface area contributed by atoms with E-state index < -0.39 is 0 Å². The normalized spacial score (nSPS) is 18.3. The van der Waals surface area contributed by atoms with Crippen LogP contribution in [0.4, 0.5) is 11.6 Å². The second kappa shape index (κ2) is 9.70. The van der Waals surface area contributed by atoms with Gasteiger partial charge in [0.1, 0.15) is 5.82 Å². The predicted molar refractivity (Wildman–Crippen MR) is 139 cm³/mol. The molecule has 3 aliphatic rings. The van der Waals surface area contributed by atoms with Gasteiger partial charge < -0.3 is 19.9 Å². The molecular formula is C28H30N6O2. The fourth-order valence-corrected chi connectivity index (χ4v) is 5.42. The molecule has 2 saturated heterocycles. The third-order valence-corrected chi connectivity index (χ3v) is 7.50. The minimum absolute atomic E-state index is 0.132. The van der Waals surface area contributed by atoms with Crippen molar-refractivity contribution in [2.75, 3.05) is 49.2 Å². The third-order valence-electron chi connectivity index (χ3n) is 7.50. The highest BCUT2D eigenvalue weighted by Crippen LogP contribution is 2.44. The molecule has 4 heterocycles. The first-order valence-corrected chi connectivity index (χ1v) is 12.6. The van der Waals surface area contributed by atoms with Crippen LogP contribution < -0.4 is 15.1 Å². The standard InChI is InChI=1S/C28H30N6O2/c35-27(29-20-22-5-3-7-25(30-22)34-16-18-36-19-17-34)24-8-9-26(32-31-24)33-14-12-28(13-15-33)11-10-21-4-1-2-6-23(21)28/h1-11H,12-20H2,(H,29,35). The molecule has 6 rings (SSSR count). The number of benzene rings is 1. The lowest BCUT2D eigenvalue weighted by atomic mass is 9.74. The van der Waals surface area contributed by atoms with Gasteiger partial charge in [-0.25, -0.2) is 4.98 Å². The quantitative estimate of drug-likeness (QED) is 0.598. The molecule has 184 valence electrons. The molecule has 2 aliphatic heterocycles. The molecule has 1 aliphatic carbocycles. The second-order valence-electron chi connectivity index (χ2n) is 9.61. The van der Waals surface area contributed by atoms with Gasteiger partial charge in [0, 0.05) is 31.6 Å². The van der Waals surface area contributed by atoms with E-state index in [4.69, 9.17) is 4.74 Å². The number of aromatic nitrogens is 3. The molecule has 0 saturated carbocycles. The van der Waals surface area contributed by atoms with Gasteiger partial charge in [0.25, 0.3) is 5.91 Å². The molecule has 36 heavy (non-hydrogen) atoms. The highest BCUT2D eigenvalue weighted by molar-refractivity contribution is 5.92. The number of hydrogen-bond donors (Lipinski definition) is 1. The zero-order valence-electron chi connectivity index (χ0n) is 20.3. The summed E-state index contributed by atoms with van der Waals surface area (Å²) in [6.07, 6.45) is 6.72. The van der Waals surface area contributed by atoms with Crippen LogP contribution in [-0.4, -0.2) is 60.5 Å². The number of fused-ring (bicyclic) bond motifs is 2. The first-order valence-electron chi connectivity index (χ1n) is 12.6. The van der Waals surface area contributed by atoms with E-state index in [1.807, 2.05) is 24.3 Å². The summed E-state index contributed by atoms with van der Waals surface area (Å²) in [6.45, 7) is 5.22. The number of piperidine rings is 1. The number of pyridine rings is 1. The van der Waals surface area contributed by atoms with Crippen molar-refractivity contribution in [3.05, 3.63) is 83.2 Å². The fraction of sp³-hybridized carbons (Fsp3) is 0.357. The van der Waals surface area contributed by atoms with Gasteiger partial charge in [0.15, 0.2) is 11.5 Å². The van der Waals surface area contributed by atoms with E-state index in [9.17, 15) is 4.79 Å². The van der Waals surface area contributed by atoms with Gasteiger partial charge in [0.2, 0.25) is 0 Å². The molecular weight excluding hydrogens is 452 g/mol. The van der Waals surface area contributed by atoms with Gasteiger partial charge in [-0.05, 0) is 48.2 Å². The Morgan fingerprint density at radius 1 is 0.889 bits per heavy atom. The number of allylic oxidation sites excluding steroid dienone is 1. The largest absolute Gasteiger partial charge is 0.378 e. The Morgan fingerprint density at radius 3 is 2.50 bits per heavy atom. The van der Waals surface area contributed by atoms with Gasteiger partial charge in [-0.3, -0.25) is 4.79 Å². The van der Waals surface area contributed by atoms with Gasteiger partial charge in [-0.1, -0.05) is 42.5 Å². The van der Waals surface area contributed by atoms with Gasteiger partial charge in [0.05, 0.1) is 25.5 Å². The van der Waals surface area contributed by atoms with E-state index in [0.29, 0.717) is 25.5 Å². The maximum atomic E-state index is 12.7. The molecule has 0 radical (unpaired) electrons. The van der Waals surface area contributed by atoms with Crippen LogP contribution in [0.2, 0.25) is 0 Å². The summed E-state index contributed by atoms with van der Waals surface area (Å²) in [7, 11) is 0. The fourth-order valence-electron chi connectivity index (χ4n) is 5.42. The predicted octanol–water partition coefficient (Wildman–Crippen LogP) is 3.20. The van der Waals surface area contributed by atoms with E-state index in [1.54, 1.807) is 6.07 Å². The van der Waals surface area contributed by atoms with Crippen LogP contribution in [0.1, 0.15) is 40.2 Å². The molecule has 1 aromatic carbocycles. The smallest absolute Gasteiger partial charge is 0.272 e. The first-order chi connectivity index (χ1) is 17.7. The number of nitrogens with zero attached hydrogens (tertiary/aromatic N) is 5. The lowest BCUT2D eigenvalue weighted by Crippen LogP contribution is -2.41. The summed E-state index contributed by atoms with van der Waals surface area (Å²) in [5.74, 6) is 1.48. The number of anilines is 2. The highest BCUT2D eigenvalue weighted by Gasteiger charge is 2.38. The van der Waals surface area contributed by atoms with Crippen molar-refractivity contribution in [3.63, 3.8) is 0 Å². The topological polar surface area (TPSA) is 83.5 Å². The Bertz CT molecular complexity index is 1260. The first kappa shape index (κ1) is 22.7. The van der Waals surface area contributed by atoms with Gasteiger partial charge >= 0.3 is 0 Å². The Balaban J connectivity index is 1.04. The SMILES string of the molecule is O=C(NCc1cccc(N2CCOCC2)n1)c1ccc(N2CCC3(C=Cc4ccccc43)CC2)nn1. The number of amides is 1. The lowest BCUT2D eigenvalue weighted by molar-refractivity contribution is 0.0944. The molecule has 2 aromatic heterocycles. The minimum atomic E-state index is -0.252. The van der Waals surface area contributed by atoms with Crippen LogP contribution in [0, 0.1) is 0 Å². The van der Waals surface area contributed by atoms with Crippen LogP contribution in [0.25, 0.3) is 6.08 Å². The summed E-state index contributed by atoms with van der Waals surface area (Å²) in [5.41, 5.74) is 4.02. The number of hydrogen-bond acceptors (Lipinski definition) is 7. The van der Waals surface area contributed by atoms with Crippen molar-refractivity contribution in [1.82, 2.24) is 20.5 Å². The monoisotopic (exact) mass is 482 g/mol. The zero-order valence-corrected chi connectivity index (χ0v) is 20.3. The molecule has 8 heteroatoms. The van der Waals surface area contributed by atoms with Crippen molar-refractivity contribution >= 4 is 23.6 Å². The summed E-state index contributed by atoms with van der Waals surface area (Å²) >= 11 is 0. The molecule has 1 spiro atoms.